The van der Waals surface area contributed by atoms with Gasteiger partial charge in [-0.1, -0.05) is 6.92 Å². The molecular weight excluding hydrogens is 331 g/mol. The minimum atomic E-state index is -0.0879. The van der Waals surface area contributed by atoms with Gasteiger partial charge in [-0.2, -0.15) is 0 Å². The number of hydrogen-bond acceptors (Lipinski definition) is 4. The van der Waals surface area contributed by atoms with Crippen LogP contribution in [0.1, 0.15) is 19.8 Å². The molecule has 1 atom stereocenters. The van der Waals surface area contributed by atoms with Crippen molar-refractivity contribution < 1.29 is 0 Å². The Bertz CT molecular complexity index is 439. The second-order valence-corrected chi connectivity index (χ2v) is 5.92. The summed E-state index contributed by atoms with van der Waals surface area (Å²) < 4.78 is 0.623. The Hall–Kier alpha value is -0.630. The number of halogens is 1. The van der Waals surface area contributed by atoms with E-state index in [2.05, 4.69) is 27.5 Å². The van der Waals surface area contributed by atoms with E-state index in [-0.39, 0.29) is 11.0 Å². The van der Waals surface area contributed by atoms with Crippen molar-refractivity contribution in [3.63, 3.8) is 0 Å². The van der Waals surface area contributed by atoms with Crippen molar-refractivity contribution in [2.45, 2.75) is 19.8 Å². The molecule has 0 saturated carbocycles. The van der Waals surface area contributed by atoms with Crippen LogP contribution >= 0.6 is 22.6 Å². The number of anilines is 1. The summed E-state index contributed by atoms with van der Waals surface area (Å²) >= 11 is 2.02. The lowest BCUT2D eigenvalue weighted by atomic mass is 9.83. The van der Waals surface area contributed by atoms with Crippen LogP contribution in [0.2, 0.25) is 0 Å². The first-order chi connectivity index (χ1) is 8.11. The zero-order chi connectivity index (χ0) is 12.3. The second kappa shape index (κ2) is 5.34. The molecule has 1 saturated heterocycles. The Balaban J connectivity index is 2.02. The van der Waals surface area contributed by atoms with E-state index in [1.165, 1.54) is 19.2 Å². The van der Waals surface area contributed by atoms with Gasteiger partial charge < -0.3 is 15.6 Å². The lowest BCUT2D eigenvalue weighted by Gasteiger charge is -2.34. The number of aromatic amines is 1. The highest BCUT2D eigenvalue weighted by atomic mass is 127. The van der Waals surface area contributed by atoms with Crippen LogP contribution in [0.15, 0.2) is 11.1 Å². The van der Waals surface area contributed by atoms with Crippen LogP contribution in [-0.2, 0) is 0 Å². The van der Waals surface area contributed by atoms with E-state index in [1.807, 2.05) is 22.6 Å². The number of rotatable bonds is 3. The molecule has 2 rings (SSSR count). The van der Waals surface area contributed by atoms with Gasteiger partial charge in [0.25, 0.3) is 5.56 Å². The molecule has 3 N–H and O–H groups in total. The molecular formula is C11H17IN4O. The summed E-state index contributed by atoms with van der Waals surface area (Å²) in [5.41, 5.74) is 0.154. The summed E-state index contributed by atoms with van der Waals surface area (Å²) in [6, 6.07) is 0. The Labute approximate surface area is 114 Å². The highest BCUT2D eigenvalue weighted by molar-refractivity contribution is 14.1. The van der Waals surface area contributed by atoms with E-state index in [0.717, 1.165) is 19.6 Å². The first-order valence-corrected chi connectivity index (χ1v) is 6.86. The smallest absolute Gasteiger partial charge is 0.266 e. The molecule has 1 aromatic rings. The van der Waals surface area contributed by atoms with Crippen molar-refractivity contribution in [1.29, 1.82) is 0 Å². The Morgan fingerprint density at radius 1 is 1.65 bits per heavy atom. The highest BCUT2D eigenvalue weighted by Crippen LogP contribution is 2.25. The molecule has 1 fully saturated rings. The first-order valence-electron chi connectivity index (χ1n) is 5.78. The van der Waals surface area contributed by atoms with Gasteiger partial charge in [0, 0.05) is 13.1 Å². The van der Waals surface area contributed by atoms with E-state index in [0.29, 0.717) is 9.39 Å². The van der Waals surface area contributed by atoms with Gasteiger partial charge in [-0.25, -0.2) is 4.98 Å². The molecule has 5 nitrogen and oxygen atoms in total. The first kappa shape index (κ1) is 12.8. The summed E-state index contributed by atoms with van der Waals surface area (Å²) in [6.07, 6.45) is 3.85. The summed E-state index contributed by atoms with van der Waals surface area (Å²) in [6.45, 7) is 5.22. The molecule has 0 bridgehead atoms. The van der Waals surface area contributed by atoms with Crippen LogP contribution in [0, 0.1) is 8.99 Å². The van der Waals surface area contributed by atoms with E-state index >= 15 is 0 Å². The van der Waals surface area contributed by atoms with Crippen LogP contribution in [0.3, 0.4) is 0 Å². The van der Waals surface area contributed by atoms with Crippen LogP contribution in [0.4, 0.5) is 5.82 Å². The largest absolute Gasteiger partial charge is 0.368 e. The fourth-order valence-electron chi connectivity index (χ4n) is 2.07. The van der Waals surface area contributed by atoms with Gasteiger partial charge in [-0.3, -0.25) is 4.79 Å². The van der Waals surface area contributed by atoms with Gasteiger partial charge in [-0.15, -0.1) is 0 Å². The normalized spacial score (nSPS) is 24.6. The predicted octanol–water partition coefficient (Wildman–Crippen LogP) is 1.18. The number of nitrogens with zero attached hydrogens (tertiary/aromatic N) is 1. The maximum atomic E-state index is 11.4. The third-order valence-corrected chi connectivity index (χ3v) is 4.17. The SMILES string of the molecule is CC1(CNc2nc[nH]c(=O)c2I)CCCNC1. The maximum absolute atomic E-state index is 11.4. The molecule has 0 radical (unpaired) electrons. The number of piperidine rings is 1. The quantitative estimate of drug-likeness (QED) is 0.718. The lowest BCUT2D eigenvalue weighted by molar-refractivity contribution is 0.253. The van der Waals surface area contributed by atoms with E-state index in [9.17, 15) is 4.79 Å². The lowest BCUT2D eigenvalue weighted by Crippen LogP contribution is -2.42. The number of H-pyrrole nitrogens is 1. The number of aromatic nitrogens is 2. The molecule has 94 valence electrons. The molecule has 0 spiro atoms. The van der Waals surface area contributed by atoms with Crippen LogP contribution in [-0.4, -0.2) is 29.6 Å². The van der Waals surface area contributed by atoms with E-state index in [4.69, 9.17) is 0 Å². The fourth-order valence-corrected chi connectivity index (χ4v) is 2.56. The van der Waals surface area contributed by atoms with Crippen molar-refractivity contribution in [3.05, 3.63) is 20.3 Å². The minimum Gasteiger partial charge on any atom is -0.368 e. The summed E-state index contributed by atoms with van der Waals surface area (Å²) in [4.78, 5) is 18.1. The van der Waals surface area contributed by atoms with Gasteiger partial charge in [-0.05, 0) is 47.4 Å². The number of hydrogen-bond donors (Lipinski definition) is 3. The van der Waals surface area contributed by atoms with Gasteiger partial charge >= 0.3 is 0 Å². The van der Waals surface area contributed by atoms with Crippen LogP contribution < -0.4 is 16.2 Å². The van der Waals surface area contributed by atoms with E-state index in [1.54, 1.807) is 0 Å². The third kappa shape index (κ3) is 3.19. The van der Waals surface area contributed by atoms with Crippen molar-refractivity contribution >= 4 is 28.4 Å². The molecule has 0 aliphatic carbocycles. The van der Waals surface area contributed by atoms with Gasteiger partial charge in [0.2, 0.25) is 0 Å². The van der Waals surface area contributed by atoms with Gasteiger partial charge in [0.05, 0.1) is 6.33 Å². The van der Waals surface area contributed by atoms with Crippen LogP contribution in [0.5, 0.6) is 0 Å². The summed E-state index contributed by atoms with van der Waals surface area (Å²) in [5.74, 6) is 0.682. The molecule has 0 amide bonds. The third-order valence-electron chi connectivity index (χ3n) is 3.16. The minimum absolute atomic E-state index is 0.0879. The molecule has 0 aromatic carbocycles. The molecule has 2 heterocycles. The van der Waals surface area contributed by atoms with Gasteiger partial charge in [0.1, 0.15) is 9.39 Å². The monoisotopic (exact) mass is 348 g/mol. The maximum Gasteiger partial charge on any atom is 0.266 e. The average molecular weight is 348 g/mol. The van der Waals surface area contributed by atoms with Crippen molar-refractivity contribution in [1.82, 2.24) is 15.3 Å². The molecule has 1 aliphatic heterocycles. The zero-order valence-electron chi connectivity index (χ0n) is 9.85. The highest BCUT2D eigenvalue weighted by Gasteiger charge is 2.26. The Morgan fingerprint density at radius 2 is 2.47 bits per heavy atom. The van der Waals surface area contributed by atoms with Gasteiger partial charge in [0.15, 0.2) is 0 Å². The summed E-state index contributed by atoms with van der Waals surface area (Å²) in [5, 5.41) is 6.69. The molecule has 1 aromatic heterocycles. The van der Waals surface area contributed by atoms with Crippen LogP contribution in [0.25, 0.3) is 0 Å². The molecule has 17 heavy (non-hydrogen) atoms. The Morgan fingerprint density at radius 3 is 3.18 bits per heavy atom. The predicted molar refractivity (Wildman–Crippen MR) is 76.3 cm³/mol. The molecule has 1 aliphatic rings. The van der Waals surface area contributed by atoms with E-state index < -0.39 is 0 Å². The zero-order valence-corrected chi connectivity index (χ0v) is 12.0. The van der Waals surface area contributed by atoms with Crippen molar-refractivity contribution in [2.24, 2.45) is 5.41 Å². The topological polar surface area (TPSA) is 69.8 Å². The summed E-state index contributed by atoms with van der Waals surface area (Å²) in [7, 11) is 0. The Kier molecular flexibility index (Phi) is 4.03. The standard InChI is InChI=1S/C11H17IN4O/c1-11(3-2-4-13-5-11)6-14-9-8(12)10(17)16-7-15-9/h7,13H,2-6H2,1H3,(H2,14,15,16,17). The fraction of sp³-hybridized carbons (Fsp3) is 0.636. The average Bonchev–Trinajstić information content (AvgIpc) is 2.32. The van der Waals surface area contributed by atoms with Crippen molar-refractivity contribution in [2.75, 3.05) is 25.0 Å². The van der Waals surface area contributed by atoms with Crippen molar-refractivity contribution in [3.8, 4) is 0 Å². The molecule has 6 heteroatoms. The molecule has 1 unspecified atom stereocenters. The number of nitrogens with one attached hydrogen (secondary N) is 3. The second-order valence-electron chi connectivity index (χ2n) is 4.84.